The van der Waals surface area contributed by atoms with E-state index in [2.05, 4.69) is 15.0 Å². The second kappa shape index (κ2) is 5.29. The first kappa shape index (κ1) is 14.1. The van der Waals surface area contributed by atoms with Crippen molar-refractivity contribution in [3.63, 3.8) is 0 Å². The van der Waals surface area contributed by atoms with Crippen LogP contribution in [0.3, 0.4) is 0 Å². The van der Waals surface area contributed by atoms with Crippen LogP contribution >= 0.6 is 11.3 Å². The quantitative estimate of drug-likeness (QED) is 0.629. The van der Waals surface area contributed by atoms with Crippen molar-refractivity contribution in [3.8, 4) is 16.5 Å². The summed E-state index contributed by atoms with van der Waals surface area (Å²) in [5.74, 6) is 1.47. The normalized spacial score (nSPS) is 12.8. The Morgan fingerprint density at radius 1 is 1.22 bits per heavy atom. The van der Waals surface area contributed by atoms with Crippen LogP contribution in [-0.4, -0.2) is 29.2 Å². The summed E-state index contributed by atoms with van der Waals surface area (Å²) in [6.07, 6.45) is 4.85. The van der Waals surface area contributed by atoms with E-state index in [1.807, 2.05) is 46.0 Å². The largest absolute Gasteiger partial charge is 0.385 e. The van der Waals surface area contributed by atoms with Crippen molar-refractivity contribution in [3.05, 3.63) is 48.0 Å². The van der Waals surface area contributed by atoms with Gasteiger partial charge in [-0.25, -0.2) is 15.0 Å². The molecule has 0 radical (unpaired) electrons. The molecule has 0 spiro atoms. The smallest absolute Gasteiger partial charge is 0.173 e. The number of aromatic nitrogens is 5. The van der Waals surface area contributed by atoms with Crippen LogP contribution in [0.15, 0.2) is 42.2 Å². The van der Waals surface area contributed by atoms with Gasteiger partial charge in [0, 0.05) is 36.7 Å². The third-order valence-electron chi connectivity index (χ3n) is 3.82. The Morgan fingerprint density at radius 3 is 2.83 bits per heavy atom. The Hall–Kier alpha value is -2.51. The predicted octanol–water partition coefficient (Wildman–Crippen LogP) is 2.94. The molecule has 0 fully saturated rings. The molecule has 0 saturated carbocycles. The van der Waals surface area contributed by atoms with Gasteiger partial charge in [0.2, 0.25) is 0 Å². The third-order valence-corrected chi connectivity index (χ3v) is 4.58. The minimum atomic E-state index is -0.602. The molecule has 116 valence electrons. The second-order valence-electron chi connectivity index (χ2n) is 5.34. The first-order chi connectivity index (χ1) is 11.1. The number of aliphatic hydroxyl groups is 1. The van der Waals surface area contributed by atoms with E-state index in [0.29, 0.717) is 5.82 Å². The lowest BCUT2D eigenvalue weighted by Crippen LogP contribution is -2.01. The van der Waals surface area contributed by atoms with Gasteiger partial charge in [0.05, 0.1) is 11.0 Å². The second-order valence-corrected chi connectivity index (χ2v) is 6.23. The summed E-state index contributed by atoms with van der Waals surface area (Å²) in [5, 5.41) is 12.6. The summed E-state index contributed by atoms with van der Waals surface area (Å²) in [7, 11) is 1.91. The number of rotatable bonds is 3. The van der Waals surface area contributed by atoms with Gasteiger partial charge >= 0.3 is 0 Å². The van der Waals surface area contributed by atoms with E-state index < -0.39 is 6.10 Å². The number of benzene rings is 1. The van der Waals surface area contributed by atoms with Crippen molar-refractivity contribution in [2.45, 2.75) is 13.0 Å². The van der Waals surface area contributed by atoms with Gasteiger partial charge < -0.3 is 9.67 Å². The van der Waals surface area contributed by atoms with E-state index in [4.69, 9.17) is 0 Å². The molecule has 0 saturated heterocycles. The third kappa shape index (κ3) is 2.25. The lowest BCUT2D eigenvalue weighted by molar-refractivity contribution is 0.186. The first-order valence-electron chi connectivity index (χ1n) is 7.23. The number of fused-ring (bicyclic) bond motifs is 1. The highest BCUT2D eigenvalue weighted by Crippen LogP contribution is 2.26. The van der Waals surface area contributed by atoms with Gasteiger partial charge in [-0.3, -0.25) is 4.57 Å². The van der Waals surface area contributed by atoms with Crippen LogP contribution in [0.2, 0.25) is 0 Å². The highest BCUT2D eigenvalue weighted by atomic mass is 32.1. The number of nitrogens with zero attached hydrogens (tertiary/aromatic N) is 5. The van der Waals surface area contributed by atoms with Crippen molar-refractivity contribution >= 4 is 22.4 Å². The minimum Gasteiger partial charge on any atom is -0.385 e. The van der Waals surface area contributed by atoms with Crippen molar-refractivity contribution in [2.24, 2.45) is 7.05 Å². The number of hydrogen-bond donors (Lipinski definition) is 1. The van der Waals surface area contributed by atoms with Gasteiger partial charge in [0.15, 0.2) is 10.8 Å². The van der Waals surface area contributed by atoms with Gasteiger partial charge in [-0.1, -0.05) is 0 Å². The molecule has 0 amide bonds. The molecule has 0 aliphatic carbocycles. The molecule has 4 aromatic rings. The number of aryl methyl sites for hydroxylation is 1. The molecule has 7 heteroatoms. The van der Waals surface area contributed by atoms with Crippen molar-refractivity contribution in [1.82, 2.24) is 24.1 Å². The molecule has 0 aliphatic rings. The Labute approximate surface area is 136 Å². The Morgan fingerprint density at radius 2 is 2.09 bits per heavy atom. The van der Waals surface area contributed by atoms with Crippen molar-refractivity contribution < 1.29 is 5.11 Å². The molecule has 0 bridgehead atoms. The summed E-state index contributed by atoms with van der Waals surface area (Å²) >= 11 is 1.56. The highest BCUT2D eigenvalue weighted by molar-refractivity contribution is 7.13. The van der Waals surface area contributed by atoms with E-state index in [0.717, 1.165) is 27.6 Å². The monoisotopic (exact) mass is 325 g/mol. The van der Waals surface area contributed by atoms with Crippen LogP contribution in [0.1, 0.15) is 18.9 Å². The predicted molar refractivity (Wildman–Crippen MR) is 89.6 cm³/mol. The van der Waals surface area contributed by atoms with Gasteiger partial charge in [0.1, 0.15) is 11.9 Å². The molecule has 1 N–H and O–H groups in total. The highest BCUT2D eigenvalue weighted by Gasteiger charge is 2.14. The lowest BCUT2D eigenvalue weighted by Gasteiger charge is -2.06. The zero-order chi connectivity index (χ0) is 16.0. The summed E-state index contributed by atoms with van der Waals surface area (Å²) in [4.78, 5) is 13.3. The average Bonchev–Trinajstić information content (AvgIpc) is 3.26. The van der Waals surface area contributed by atoms with Crippen LogP contribution < -0.4 is 0 Å². The van der Waals surface area contributed by atoms with Gasteiger partial charge in [-0.2, -0.15) is 0 Å². The Kier molecular flexibility index (Phi) is 3.24. The molecule has 3 heterocycles. The topological polar surface area (TPSA) is 68.8 Å². The number of imidazole rings is 2. The maximum absolute atomic E-state index is 9.82. The fourth-order valence-electron chi connectivity index (χ4n) is 2.73. The van der Waals surface area contributed by atoms with Crippen molar-refractivity contribution in [1.29, 1.82) is 0 Å². The fraction of sp³-hybridized carbons (Fsp3) is 0.188. The summed E-state index contributed by atoms with van der Waals surface area (Å²) in [6.45, 7) is 1.72. The number of thiazole rings is 1. The molecular weight excluding hydrogens is 310 g/mol. The molecule has 1 unspecified atom stereocenters. The maximum atomic E-state index is 9.82. The molecular formula is C16H15N5OS. The van der Waals surface area contributed by atoms with Crippen molar-refractivity contribution in [2.75, 3.05) is 0 Å². The summed E-state index contributed by atoms with van der Waals surface area (Å²) in [5.41, 5.74) is 2.80. The molecule has 6 nitrogen and oxygen atoms in total. The molecule has 0 aliphatic heterocycles. The fourth-order valence-corrected chi connectivity index (χ4v) is 3.36. The van der Waals surface area contributed by atoms with Crippen LogP contribution in [-0.2, 0) is 7.05 Å². The summed E-state index contributed by atoms with van der Waals surface area (Å²) < 4.78 is 3.91. The zero-order valence-electron chi connectivity index (χ0n) is 12.7. The van der Waals surface area contributed by atoms with E-state index in [-0.39, 0.29) is 0 Å². The maximum Gasteiger partial charge on any atom is 0.173 e. The molecule has 4 rings (SSSR count). The molecule has 3 aromatic heterocycles. The standard InChI is InChI=1S/C16H15N5OS/c1-10(22)14-19-12-9-11(3-4-13(12)20(14)2)21-7-5-17-15(21)16-18-6-8-23-16/h3-10,22H,1-2H3. The van der Waals surface area contributed by atoms with Gasteiger partial charge in [-0.15, -0.1) is 11.3 Å². The number of aliphatic hydroxyl groups excluding tert-OH is 1. The molecule has 23 heavy (non-hydrogen) atoms. The first-order valence-corrected chi connectivity index (χ1v) is 8.11. The SMILES string of the molecule is CC(O)c1nc2cc(-n3ccnc3-c3nccs3)ccc2n1C. The average molecular weight is 325 g/mol. The van der Waals surface area contributed by atoms with Crippen LogP contribution in [0, 0.1) is 0 Å². The molecule has 1 atom stereocenters. The lowest BCUT2D eigenvalue weighted by atomic mass is 10.2. The Bertz CT molecular complexity index is 968. The van der Waals surface area contributed by atoms with E-state index in [1.165, 1.54) is 0 Å². The zero-order valence-corrected chi connectivity index (χ0v) is 13.5. The van der Waals surface area contributed by atoms with Crippen LogP contribution in [0.25, 0.3) is 27.6 Å². The molecule has 1 aromatic carbocycles. The van der Waals surface area contributed by atoms with Crippen LogP contribution in [0.4, 0.5) is 0 Å². The Balaban J connectivity index is 1.86. The summed E-state index contributed by atoms with van der Waals surface area (Å²) in [6, 6.07) is 6.03. The van der Waals surface area contributed by atoms with E-state index in [9.17, 15) is 5.11 Å². The number of hydrogen-bond acceptors (Lipinski definition) is 5. The van der Waals surface area contributed by atoms with E-state index >= 15 is 0 Å². The van der Waals surface area contributed by atoms with Crippen LogP contribution in [0.5, 0.6) is 0 Å². The van der Waals surface area contributed by atoms with Gasteiger partial charge in [-0.05, 0) is 25.1 Å². The van der Waals surface area contributed by atoms with E-state index in [1.54, 1.807) is 30.7 Å². The minimum absolute atomic E-state index is 0.602. The van der Waals surface area contributed by atoms with Gasteiger partial charge in [0.25, 0.3) is 0 Å².